The van der Waals surface area contributed by atoms with E-state index in [1.165, 1.54) is 11.2 Å². The molecule has 0 saturated carbocycles. The number of furan rings is 1. The Hall–Kier alpha value is -3.29. The standard InChI is InChI=1S/C21H25N3O5/c1-21(2,3)29-20(27)24-12-4-6-16(24)18(25)22-14-8-10-15(11-9-14)23-19(26)17-7-5-13-28-17/h5,7-11,13,16H,4,6,12H2,1-3H3,(H,22,25)(H,23,26)/t16-/m0/s1. The van der Waals surface area contributed by atoms with Crippen molar-refractivity contribution in [2.45, 2.75) is 45.3 Å². The van der Waals surface area contributed by atoms with Crippen molar-refractivity contribution in [1.82, 2.24) is 4.90 Å². The highest BCUT2D eigenvalue weighted by atomic mass is 16.6. The summed E-state index contributed by atoms with van der Waals surface area (Å²) in [6.07, 6.45) is 2.28. The predicted octanol–water partition coefficient (Wildman–Crippen LogP) is 3.87. The molecule has 1 atom stereocenters. The quantitative estimate of drug-likeness (QED) is 0.813. The molecule has 1 fully saturated rings. The van der Waals surface area contributed by atoms with Crippen molar-refractivity contribution in [3.63, 3.8) is 0 Å². The van der Waals surface area contributed by atoms with Gasteiger partial charge in [-0.3, -0.25) is 14.5 Å². The van der Waals surface area contributed by atoms with Gasteiger partial charge in [0.1, 0.15) is 11.6 Å². The first-order valence-electron chi connectivity index (χ1n) is 9.48. The molecule has 1 saturated heterocycles. The third-order valence-electron chi connectivity index (χ3n) is 4.34. The van der Waals surface area contributed by atoms with Gasteiger partial charge in [-0.2, -0.15) is 0 Å². The maximum Gasteiger partial charge on any atom is 0.410 e. The summed E-state index contributed by atoms with van der Waals surface area (Å²) < 4.78 is 10.4. The fourth-order valence-corrected chi connectivity index (χ4v) is 3.04. The van der Waals surface area contributed by atoms with Crippen LogP contribution in [0.15, 0.2) is 47.1 Å². The SMILES string of the molecule is CC(C)(C)OC(=O)N1CCC[C@H]1C(=O)Nc1ccc(NC(=O)c2ccco2)cc1. The fourth-order valence-electron chi connectivity index (χ4n) is 3.04. The monoisotopic (exact) mass is 399 g/mol. The van der Waals surface area contributed by atoms with Crippen molar-refractivity contribution < 1.29 is 23.5 Å². The van der Waals surface area contributed by atoms with Crippen LogP contribution in [0.25, 0.3) is 0 Å². The molecule has 0 spiro atoms. The molecule has 0 unspecified atom stereocenters. The molecule has 154 valence electrons. The molecule has 0 radical (unpaired) electrons. The number of benzene rings is 1. The van der Waals surface area contributed by atoms with Gasteiger partial charge in [0.05, 0.1) is 6.26 Å². The zero-order valence-electron chi connectivity index (χ0n) is 16.7. The van der Waals surface area contributed by atoms with Crippen LogP contribution in [-0.2, 0) is 9.53 Å². The molecule has 3 amide bonds. The maximum atomic E-state index is 12.7. The summed E-state index contributed by atoms with van der Waals surface area (Å²) in [5, 5.41) is 5.53. The average Bonchev–Trinajstić information content (AvgIpc) is 3.34. The third-order valence-corrected chi connectivity index (χ3v) is 4.34. The fraction of sp³-hybridized carbons (Fsp3) is 0.381. The molecular weight excluding hydrogens is 374 g/mol. The van der Waals surface area contributed by atoms with E-state index in [4.69, 9.17) is 9.15 Å². The Bertz CT molecular complexity index is 869. The summed E-state index contributed by atoms with van der Waals surface area (Å²) in [6, 6.07) is 9.36. The van der Waals surface area contributed by atoms with E-state index in [0.717, 1.165) is 6.42 Å². The van der Waals surface area contributed by atoms with Crippen LogP contribution in [0.3, 0.4) is 0 Å². The lowest BCUT2D eigenvalue weighted by Crippen LogP contribution is -2.45. The molecule has 2 N–H and O–H groups in total. The molecule has 29 heavy (non-hydrogen) atoms. The normalized spacial score (nSPS) is 16.4. The summed E-state index contributed by atoms with van der Waals surface area (Å²) >= 11 is 0. The summed E-state index contributed by atoms with van der Waals surface area (Å²) in [7, 11) is 0. The van der Waals surface area contributed by atoms with Gasteiger partial charge in [-0.1, -0.05) is 0 Å². The van der Waals surface area contributed by atoms with Gasteiger partial charge in [-0.15, -0.1) is 0 Å². The molecule has 8 nitrogen and oxygen atoms in total. The highest BCUT2D eigenvalue weighted by Gasteiger charge is 2.36. The number of rotatable bonds is 4. The summed E-state index contributed by atoms with van der Waals surface area (Å²) in [5.41, 5.74) is 0.527. The van der Waals surface area contributed by atoms with E-state index in [2.05, 4.69) is 10.6 Å². The Morgan fingerprint density at radius 3 is 2.31 bits per heavy atom. The number of carbonyl (C=O) groups excluding carboxylic acids is 3. The summed E-state index contributed by atoms with van der Waals surface area (Å²) in [4.78, 5) is 38.5. The lowest BCUT2D eigenvalue weighted by Gasteiger charge is -2.28. The van der Waals surface area contributed by atoms with Crippen LogP contribution in [0, 0.1) is 0 Å². The van der Waals surface area contributed by atoms with Crippen LogP contribution in [0.4, 0.5) is 16.2 Å². The molecule has 1 aliphatic rings. The molecule has 1 aliphatic heterocycles. The Kier molecular flexibility index (Phi) is 5.91. The van der Waals surface area contributed by atoms with Gasteiger partial charge in [-0.25, -0.2) is 4.79 Å². The number of nitrogens with one attached hydrogen (secondary N) is 2. The number of likely N-dealkylation sites (tertiary alicyclic amines) is 1. The van der Waals surface area contributed by atoms with Crippen molar-refractivity contribution in [2.24, 2.45) is 0 Å². The third kappa shape index (κ3) is 5.37. The minimum atomic E-state index is -0.614. The van der Waals surface area contributed by atoms with E-state index in [9.17, 15) is 14.4 Å². The Morgan fingerprint density at radius 2 is 1.72 bits per heavy atom. The molecule has 2 aromatic rings. The van der Waals surface area contributed by atoms with Gasteiger partial charge in [0.15, 0.2) is 5.76 Å². The van der Waals surface area contributed by atoms with E-state index in [0.29, 0.717) is 24.3 Å². The second kappa shape index (κ2) is 8.38. The number of hydrogen-bond donors (Lipinski definition) is 2. The van der Waals surface area contributed by atoms with Crippen molar-refractivity contribution >= 4 is 29.3 Å². The average molecular weight is 399 g/mol. The van der Waals surface area contributed by atoms with Crippen LogP contribution in [0.5, 0.6) is 0 Å². The molecule has 0 bridgehead atoms. The van der Waals surface area contributed by atoms with Crippen LogP contribution >= 0.6 is 0 Å². The predicted molar refractivity (Wildman–Crippen MR) is 108 cm³/mol. The number of carbonyl (C=O) groups is 3. The number of anilines is 2. The van der Waals surface area contributed by atoms with Crippen molar-refractivity contribution in [3.8, 4) is 0 Å². The number of hydrogen-bond acceptors (Lipinski definition) is 5. The van der Waals surface area contributed by atoms with Crippen LogP contribution in [0.1, 0.15) is 44.2 Å². The second-order valence-corrected chi connectivity index (χ2v) is 7.83. The van der Waals surface area contributed by atoms with Gasteiger partial charge in [0.2, 0.25) is 5.91 Å². The van der Waals surface area contributed by atoms with Crippen molar-refractivity contribution in [2.75, 3.05) is 17.2 Å². The smallest absolute Gasteiger partial charge is 0.410 e. The zero-order chi connectivity index (χ0) is 21.0. The molecule has 2 heterocycles. The zero-order valence-corrected chi connectivity index (χ0v) is 16.7. The Morgan fingerprint density at radius 1 is 1.07 bits per heavy atom. The number of nitrogens with zero attached hydrogens (tertiary/aromatic N) is 1. The highest BCUT2D eigenvalue weighted by Crippen LogP contribution is 2.23. The van der Waals surface area contributed by atoms with E-state index in [1.807, 2.05) is 0 Å². The maximum absolute atomic E-state index is 12.7. The van der Waals surface area contributed by atoms with E-state index in [-0.39, 0.29) is 17.6 Å². The molecule has 3 rings (SSSR count). The first kappa shape index (κ1) is 20.4. The number of amides is 3. The molecule has 8 heteroatoms. The lowest BCUT2D eigenvalue weighted by atomic mass is 10.2. The van der Waals surface area contributed by atoms with Gasteiger partial charge < -0.3 is 19.8 Å². The molecule has 0 aliphatic carbocycles. The van der Waals surface area contributed by atoms with Gasteiger partial charge in [0, 0.05) is 17.9 Å². The van der Waals surface area contributed by atoms with Crippen LogP contribution in [0.2, 0.25) is 0 Å². The first-order valence-corrected chi connectivity index (χ1v) is 9.48. The van der Waals surface area contributed by atoms with Crippen molar-refractivity contribution in [3.05, 3.63) is 48.4 Å². The van der Waals surface area contributed by atoms with E-state index in [1.54, 1.807) is 57.2 Å². The Balaban J connectivity index is 1.58. The van der Waals surface area contributed by atoms with E-state index >= 15 is 0 Å². The van der Waals surface area contributed by atoms with Gasteiger partial charge in [-0.05, 0) is 70.0 Å². The van der Waals surface area contributed by atoms with Crippen LogP contribution < -0.4 is 10.6 Å². The summed E-state index contributed by atoms with van der Waals surface area (Å²) in [6.45, 7) is 5.87. The second-order valence-electron chi connectivity index (χ2n) is 7.83. The topological polar surface area (TPSA) is 101 Å². The Labute approximate surface area is 169 Å². The lowest BCUT2D eigenvalue weighted by molar-refractivity contribution is -0.120. The molecule has 1 aromatic heterocycles. The summed E-state index contributed by atoms with van der Waals surface area (Å²) in [5.74, 6) is -0.405. The molecular formula is C21H25N3O5. The van der Waals surface area contributed by atoms with Gasteiger partial charge in [0.25, 0.3) is 5.91 Å². The van der Waals surface area contributed by atoms with Crippen LogP contribution in [-0.4, -0.2) is 41.0 Å². The highest BCUT2D eigenvalue weighted by molar-refractivity contribution is 6.02. The number of ether oxygens (including phenoxy) is 1. The van der Waals surface area contributed by atoms with Gasteiger partial charge >= 0.3 is 6.09 Å². The first-order chi connectivity index (χ1) is 13.7. The minimum absolute atomic E-state index is 0.214. The van der Waals surface area contributed by atoms with E-state index < -0.39 is 17.7 Å². The largest absolute Gasteiger partial charge is 0.459 e. The minimum Gasteiger partial charge on any atom is -0.459 e. The van der Waals surface area contributed by atoms with Crippen molar-refractivity contribution in [1.29, 1.82) is 0 Å². The molecule has 1 aromatic carbocycles.